The summed E-state index contributed by atoms with van der Waals surface area (Å²) in [5.74, 6) is 0. The second-order valence-corrected chi connectivity index (χ2v) is 5.62. The van der Waals surface area contributed by atoms with Crippen LogP contribution in [0.2, 0.25) is 0 Å². The minimum Gasteiger partial charge on any atom is -0.374 e. The third-order valence-corrected chi connectivity index (χ3v) is 4.40. The number of benzene rings is 1. The second kappa shape index (κ2) is 5.33. The van der Waals surface area contributed by atoms with Gasteiger partial charge in [-0.05, 0) is 43.5 Å². The summed E-state index contributed by atoms with van der Waals surface area (Å²) in [5, 5.41) is 0. The van der Waals surface area contributed by atoms with Crippen molar-refractivity contribution in [3.05, 3.63) is 29.3 Å². The fourth-order valence-electron chi connectivity index (χ4n) is 3.47. The number of morpholine rings is 1. The topological polar surface area (TPSA) is 29.5 Å². The maximum absolute atomic E-state index is 10.8. The van der Waals surface area contributed by atoms with Gasteiger partial charge in [0.2, 0.25) is 0 Å². The Bertz CT molecular complexity index is 470. The summed E-state index contributed by atoms with van der Waals surface area (Å²) in [6.07, 6.45) is 6.31. The molecule has 2 fully saturated rings. The van der Waals surface area contributed by atoms with Crippen LogP contribution in [0.25, 0.3) is 0 Å². The first kappa shape index (κ1) is 12.7. The summed E-state index contributed by atoms with van der Waals surface area (Å²) in [6.45, 7) is 3.87. The molecule has 1 saturated heterocycles. The zero-order chi connectivity index (χ0) is 13.2. The van der Waals surface area contributed by atoms with Gasteiger partial charge in [0, 0.05) is 17.8 Å². The van der Waals surface area contributed by atoms with Crippen LogP contribution in [0, 0.1) is 6.92 Å². The normalized spacial score (nSPS) is 26.9. The molecular formula is C16H21NO2. The molecule has 0 spiro atoms. The number of carbonyl (C=O) groups excluding carboxylic acids is 1. The second-order valence-electron chi connectivity index (χ2n) is 5.62. The van der Waals surface area contributed by atoms with E-state index in [1.165, 1.54) is 36.9 Å². The Labute approximate surface area is 114 Å². The van der Waals surface area contributed by atoms with Crippen molar-refractivity contribution in [3.8, 4) is 0 Å². The number of hydrogen-bond acceptors (Lipinski definition) is 3. The molecule has 0 bridgehead atoms. The van der Waals surface area contributed by atoms with Crippen LogP contribution in [0.15, 0.2) is 18.2 Å². The Morgan fingerprint density at radius 2 is 2.16 bits per heavy atom. The minimum absolute atomic E-state index is 0.396. The summed E-state index contributed by atoms with van der Waals surface area (Å²) >= 11 is 0. The van der Waals surface area contributed by atoms with E-state index in [4.69, 9.17) is 4.74 Å². The molecular weight excluding hydrogens is 238 g/mol. The largest absolute Gasteiger partial charge is 0.374 e. The molecule has 3 rings (SSSR count). The van der Waals surface area contributed by atoms with Crippen LogP contribution in [0.1, 0.15) is 41.6 Å². The molecule has 0 aromatic heterocycles. The molecule has 2 unspecified atom stereocenters. The number of carbonyl (C=O) groups is 1. The number of aldehydes is 1. The van der Waals surface area contributed by atoms with Gasteiger partial charge in [-0.3, -0.25) is 4.79 Å². The summed E-state index contributed by atoms with van der Waals surface area (Å²) in [4.78, 5) is 13.3. The van der Waals surface area contributed by atoms with Gasteiger partial charge in [-0.1, -0.05) is 12.8 Å². The molecule has 1 saturated carbocycles. The predicted molar refractivity (Wildman–Crippen MR) is 75.9 cm³/mol. The van der Waals surface area contributed by atoms with E-state index in [1.807, 2.05) is 12.1 Å². The highest BCUT2D eigenvalue weighted by Gasteiger charge is 2.34. The highest BCUT2D eigenvalue weighted by Crippen LogP contribution is 2.33. The predicted octanol–water partition coefficient (Wildman–Crippen LogP) is 2.96. The van der Waals surface area contributed by atoms with Gasteiger partial charge in [-0.2, -0.15) is 0 Å². The Kier molecular flexibility index (Phi) is 3.56. The van der Waals surface area contributed by atoms with Crippen molar-refractivity contribution < 1.29 is 9.53 Å². The van der Waals surface area contributed by atoms with E-state index in [0.717, 1.165) is 25.0 Å². The number of hydrogen-bond donors (Lipinski definition) is 0. The van der Waals surface area contributed by atoms with Gasteiger partial charge < -0.3 is 9.64 Å². The molecule has 1 aliphatic carbocycles. The molecule has 1 heterocycles. The van der Waals surface area contributed by atoms with Crippen molar-refractivity contribution in [1.29, 1.82) is 0 Å². The zero-order valence-electron chi connectivity index (χ0n) is 11.5. The number of fused-ring (bicyclic) bond motifs is 1. The highest BCUT2D eigenvalue weighted by atomic mass is 16.5. The maximum atomic E-state index is 10.8. The van der Waals surface area contributed by atoms with Gasteiger partial charge in [-0.25, -0.2) is 0 Å². The first-order chi connectivity index (χ1) is 9.29. The Hall–Kier alpha value is -1.35. The number of aryl methyl sites for hydroxylation is 1. The molecule has 1 aliphatic heterocycles. The average molecular weight is 259 g/mol. The van der Waals surface area contributed by atoms with Crippen LogP contribution in [-0.2, 0) is 4.74 Å². The van der Waals surface area contributed by atoms with Crippen LogP contribution < -0.4 is 4.90 Å². The highest BCUT2D eigenvalue weighted by molar-refractivity contribution is 5.77. The first-order valence-corrected chi connectivity index (χ1v) is 7.23. The average Bonchev–Trinajstić information content (AvgIpc) is 2.46. The van der Waals surface area contributed by atoms with E-state index in [-0.39, 0.29) is 0 Å². The summed E-state index contributed by atoms with van der Waals surface area (Å²) in [6, 6.07) is 6.51. The van der Waals surface area contributed by atoms with Crippen LogP contribution in [-0.4, -0.2) is 31.6 Å². The maximum Gasteiger partial charge on any atom is 0.150 e. The van der Waals surface area contributed by atoms with Crippen LogP contribution >= 0.6 is 0 Å². The quantitative estimate of drug-likeness (QED) is 0.765. The van der Waals surface area contributed by atoms with Crippen molar-refractivity contribution >= 4 is 12.0 Å². The first-order valence-electron chi connectivity index (χ1n) is 7.23. The Morgan fingerprint density at radius 3 is 2.95 bits per heavy atom. The standard InChI is InChI=1S/C16H21NO2/c1-12-10-13(11-18)6-7-14(12)17-8-9-19-16-5-3-2-4-15(16)17/h6-7,10-11,15-16H,2-5,8-9H2,1H3. The van der Waals surface area contributed by atoms with E-state index in [1.54, 1.807) is 0 Å². The molecule has 102 valence electrons. The lowest BCUT2D eigenvalue weighted by atomic mass is 9.89. The van der Waals surface area contributed by atoms with Gasteiger partial charge in [0.15, 0.2) is 0 Å². The third-order valence-electron chi connectivity index (χ3n) is 4.40. The smallest absolute Gasteiger partial charge is 0.150 e. The molecule has 19 heavy (non-hydrogen) atoms. The van der Waals surface area contributed by atoms with E-state index in [9.17, 15) is 4.79 Å². The van der Waals surface area contributed by atoms with Crippen molar-refractivity contribution in [3.63, 3.8) is 0 Å². The monoisotopic (exact) mass is 259 g/mol. The number of ether oxygens (including phenoxy) is 1. The van der Waals surface area contributed by atoms with Crippen molar-refractivity contribution in [2.45, 2.75) is 44.8 Å². The fraction of sp³-hybridized carbons (Fsp3) is 0.562. The summed E-state index contributed by atoms with van der Waals surface area (Å²) < 4.78 is 5.92. The summed E-state index contributed by atoms with van der Waals surface area (Å²) in [5.41, 5.74) is 3.22. The van der Waals surface area contributed by atoms with E-state index < -0.39 is 0 Å². The minimum atomic E-state index is 0.396. The Morgan fingerprint density at radius 1 is 1.32 bits per heavy atom. The molecule has 3 nitrogen and oxygen atoms in total. The number of anilines is 1. The zero-order valence-corrected chi connectivity index (χ0v) is 11.5. The molecule has 0 N–H and O–H groups in total. The van der Waals surface area contributed by atoms with E-state index in [2.05, 4.69) is 17.9 Å². The molecule has 0 amide bonds. The van der Waals surface area contributed by atoms with Crippen LogP contribution in [0.4, 0.5) is 5.69 Å². The van der Waals surface area contributed by atoms with Crippen molar-refractivity contribution in [2.75, 3.05) is 18.1 Å². The van der Waals surface area contributed by atoms with Crippen molar-refractivity contribution in [1.82, 2.24) is 0 Å². The molecule has 0 radical (unpaired) electrons. The van der Waals surface area contributed by atoms with Gasteiger partial charge in [0.25, 0.3) is 0 Å². The van der Waals surface area contributed by atoms with E-state index in [0.29, 0.717) is 12.1 Å². The van der Waals surface area contributed by atoms with Gasteiger partial charge in [-0.15, -0.1) is 0 Å². The lowest BCUT2D eigenvalue weighted by Crippen LogP contribution is -2.53. The van der Waals surface area contributed by atoms with Gasteiger partial charge in [0.1, 0.15) is 6.29 Å². The van der Waals surface area contributed by atoms with Gasteiger partial charge >= 0.3 is 0 Å². The molecule has 2 aliphatic rings. The lowest BCUT2D eigenvalue weighted by molar-refractivity contribution is -0.00871. The summed E-state index contributed by atoms with van der Waals surface area (Å²) in [7, 11) is 0. The van der Waals surface area contributed by atoms with Crippen molar-refractivity contribution in [2.24, 2.45) is 0 Å². The van der Waals surface area contributed by atoms with E-state index >= 15 is 0 Å². The molecule has 3 heteroatoms. The number of nitrogens with zero attached hydrogens (tertiary/aromatic N) is 1. The molecule has 1 aromatic rings. The Balaban J connectivity index is 1.89. The van der Waals surface area contributed by atoms with Gasteiger partial charge in [0.05, 0.1) is 18.8 Å². The lowest BCUT2D eigenvalue weighted by Gasteiger charge is -2.45. The SMILES string of the molecule is Cc1cc(C=O)ccc1N1CCOC2CCCCC21. The molecule has 1 aromatic carbocycles. The number of rotatable bonds is 2. The third kappa shape index (κ3) is 2.39. The van der Waals surface area contributed by atoms with Crippen LogP contribution in [0.5, 0.6) is 0 Å². The fourth-order valence-corrected chi connectivity index (χ4v) is 3.47. The van der Waals surface area contributed by atoms with Crippen LogP contribution in [0.3, 0.4) is 0 Å². The molecule has 2 atom stereocenters.